The summed E-state index contributed by atoms with van der Waals surface area (Å²) in [6.07, 6.45) is 3.42. The van der Waals surface area contributed by atoms with Crippen LogP contribution >= 0.6 is 0 Å². The Bertz CT molecular complexity index is 666. The summed E-state index contributed by atoms with van der Waals surface area (Å²) in [5.41, 5.74) is 1.27. The van der Waals surface area contributed by atoms with Crippen molar-refractivity contribution in [3.63, 3.8) is 0 Å². The third-order valence-corrected chi connectivity index (χ3v) is 2.97. The SMILES string of the molecule is COc1ccc(NC(=O)NCCC(=O)Nc2cnn(C)c2)cc1. The van der Waals surface area contributed by atoms with Gasteiger partial charge in [-0.15, -0.1) is 0 Å². The van der Waals surface area contributed by atoms with E-state index >= 15 is 0 Å². The van der Waals surface area contributed by atoms with Gasteiger partial charge in [0.05, 0.1) is 19.0 Å². The van der Waals surface area contributed by atoms with Crippen molar-refractivity contribution >= 4 is 23.3 Å². The first kappa shape index (κ1) is 16.3. The molecule has 1 heterocycles. The van der Waals surface area contributed by atoms with Crippen LogP contribution < -0.4 is 20.7 Å². The number of hydrogen-bond donors (Lipinski definition) is 3. The number of benzene rings is 1. The molecule has 0 spiro atoms. The fourth-order valence-electron chi connectivity index (χ4n) is 1.85. The van der Waals surface area contributed by atoms with Gasteiger partial charge in [0.1, 0.15) is 5.75 Å². The van der Waals surface area contributed by atoms with Crippen molar-refractivity contribution in [2.45, 2.75) is 6.42 Å². The van der Waals surface area contributed by atoms with Crippen molar-refractivity contribution in [1.82, 2.24) is 15.1 Å². The predicted molar refractivity (Wildman–Crippen MR) is 86.5 cm³/mol. The molecule has 0 aliphatic carbocycles. The molecule has 3 N–H and O–H groups in total. The standard InChI is InChI=1S/C15H19N5O3/c1-20-10-12(9-17-20)18-14(21)7-8-16-15(22)19-11-3-5-13(23-2)6-4-11/h3-6,9-10H,7-8H2,1-2H3,(H,18,21)(H2,16,19,22). The van der Waals surface area contributed by atoms with Gasteiger partial charge in [0.15, 0.2) is 0 Å². The van der Waals surface area contributed by atoms with E-state index < -0.39 is 0 Å². The number of nitrogens with zero attached hydrogens (tertiary/aromatic N) is 2. The minimum atomic E-state index is -0.371. The largest absolute Gasteiger partial charge is 0.497 e. The molecule has 122 valence electrons. The highest BCUT2D eigenvalue weighted by atomic mass is 16.5. The molecule has 1 aromatic heterocycles. The van der Waals surface area contributed by atoms with Crippen molar-refractivity contribution in [1.29, 1.82) is 0 Å². The summed E-state index contributed by atoms with van der Waals surface area (Å²) < 4.78 is 6.63. The number of aryl methyl sites for hydroxylation is 1. The quantitative estimate of drug-likeness (QED) is 0.753. The smallest absolute Gasteiger partial charge is 0.319 e. The zero-order chi connectivity index (χ0) is 16.7. The fraction of sp³-hybridized carbons (Fsp3) is 0.267. The van der Waals surface area contributed by atoms with E-state index in [1.54, 1.807) is 55.5 Å². The van der Waals surface area contributed by atoms with Crippen LogP contribution in [-0.2, 0) is 11.8 Å². The van der Waals surface area contributed by atoms with Crippen LogP contribution in [0.15, 0.2) is 36.7 Å². The lowest BCUT2D eigenvalue weighted by Gasteiger charge is -2.08. The molecule has 2 rings (SSSR count). The van der Waals surface area contributed by atoms with Crippen LogP contribution in [0.2, 0.25) is 0 Å². The van der Waals surface area contributed by atoms with Crippen LogP contribution in [0.1, 0.15) is 6.42 Å². The molecule has 8 heteroatoms. The molecule has 0 bridgehead atoms. The normalized spacial score (nSPS) is 10.0. The highest BCUT2D eigenvalue weighted by Crippen LogP contribution is 2.14. The van der Waals surface area contributed by atoms with Gasteiger partial charge in [-0.05, 0) is 24.3 Å². The van der Waals surface area contributed by atoms with Crippen molar-refractivity contribution in [2.75, 3.05) is 24.3 Å². The Balaban J connectivity index is 1.68. The molecule has 0 aliphatic heterocycles. The molecule has 0 saturated carbocycles. The van der Waals surface area contributed by atoms with Crippen molar-refractivity contribution in [2.24, 2.45) is 7.05 Å². The number of hydrogen-bond acceptors (Lipinski definition) is 4. The number of amides is 3. The summed E-state index contributed by atoms with van der Waals surface area (Å²) in [5, 5.41) is 11.9. The number of methoxy groups -OCH3 is 1. The third-order valence-electron chi connectivity index (χ3n) is 2.97. The van der Waals surface area contributed by atoms with Gasteiger partial charge in [0.25, 0.3) is 0 Å². The van der Waals surface area contributed by atoms with E-state index in [2.05, 4.69) is 21.0 Å². The van der Waals surface area contributed by atoms with E-state index in [1.807, 2.05) is 0 Å². The minimum Gasteiger partial charge on any atom is -0.497 e. The van der Waals surface area contributed by atoms with Gasteiger partial charge >= 0.3 is 6.03 Å². The lowest BCUT2D eigenvalue weighted by molar-refractivity contribution is -0.116. The Morgan fingerprint density at radius 3 is 2.52 bits per heavy atom. The van der Waals surface area contributed by atoms with Crippen LogP contribution in [0.4, 0.5) is 16.2 Å². The number of rotatable bonds is 6. The van der Waals surface area contributed by atoms with E-state index in [9.17, 15) is 9.59 Å². The molecule has 3 amide bonds. The molecule has 0 atom stereocenters. The van der Waals surface area contributed by atoms with E-state index in [0.29, 0.717) is 17.1 Å². The number of urea groups is 1. The lowest BCUT2D eigenvalue weighted by atomic mass is 10.3. The van der Waals surface area contributed by atoms with Crippen molar-refractivity contribution in [3.05, 3.63) is 36.7 Å². The van der Waals surface area contributed by atoms with E-state index in [0.717, 1.165) is 0 Å². The summed E-state index contributed by atoms with van der Waals surface area (Å²) in [5.74, 6) is 0.519. The van der Waals surface area contributed by atoms with Crippen LogP contribution in [-0.4, -0.2) is 35.4 Å². The summed E-state index contributed by atoms with van der Waals surface area (Å²) in [4.78, 5) is 23.4. The van der Waals surface area contributed by atoms with Gasteiger partial charge in [-0.25, -0.2) is 4.79 Å². The fourth-order valence-corrected chi connectivity index (χ4v) is 1.85. The summed E-state index contributed by atoms with van der Waals surface area (Å²) in [6, 6.07) is 6.58. The van der Waals surface area contributed by atoms with Crippen molar-refractivity contribution in [3.8, 4) is 5.75 Å². The molecule has 23 heavy (non-hydrogen) atoms. The Morgan fingerprint density at radius 1 is 1.17 bits per heavy atom. The molecule has 0 radical (unpaired) electrons. The highest BCUT2D eigenvalue weighted by molar-refractivity contribution is 5.92. The van der Waals surface area contributed by atoms with Gasteiger partial charge in [-0.1, -0.05) is 0 Å². The van der Waals surface area contributed by atoms with Gasteiger partial charge in [-0.2, -0.15) is 5.10 Å². The number of aromatic nitrogens is 2. The average Bonchev–Trinajstić information content (AvgIpc) is 2.93. The summed E-state index contributed by atoms with van der Waals surface area (Å²) >= 11 is 0. The number of carbonyl (C=O) groups is 2. The number of ether oxygens (including phenoxy) is 1. The maximum Gasteiger partial charge on any atom is 0.319 e. The summed E-state index contributed by atoms with van der Waals surface area (Å²) in [6.45, 7) is 0.230. The Morgan fingerprint density at radius 2 is 1.91 bits per heavy atom. The summed E-state index contributed by atoms with van der Waals surface area (Å²) in [7, 11) is 3.34. The van der Waals surface area contributed by atoms with E-state index in [1.165, 1.54) is 0 Å². The van der Waals surface area contributed by atoms with Gasteiger partial charge in [-0.3, -0.25) is 9.48 Å². The Kier molecular flexibility index (Phi) is 5.56. The second-order valence-electron chi connectivity index (χ2n) is 4.81. The average molecular weight is 317 g/mol. The van der Waals surface area contributed by atoms with Crippen molar-refractivity contribution < 1.29 is 14.3 Å². The van der Waals surface area contributed by atoms with Crippen LogP contribution in [0.3, 0.4) is 0 Å². The molecular formula is C15H19N5O3. The Hall–Kier alpha value is -3.03. The van der Waals surface area contributed by atoms with Crippen LogP contribution in [0, 0.1) is 0 Å². The maximum absolute atomic E-state index is 11.7. The van der Waals surface area contributed by atoms with Gasteiger partial charge in [0, 0.05) is 31.9 Å². The molecule has 0 saturated heterocycles. The number of nitrogens with one attached hydrogen (secondary N) is 3. The van der Waals surface area contributed by atoms with E-state index in [4.69, 9.17) is 4.74 Å². The molecule has 1 aromatic carbocycles. The van der Waals surface area contributed by atoms with Gasteiger partial charge in [0.2, 0.25) is 5.91 Å². The second kappa shape index (κ2) is 7.83. The molecule has 0 unspecified atom stereocenters. The number of anilines is 2. The first-order valence-corrected chi connectivity index (χ1v) is 7.04. The van der Waals surface area contributed by atoms with E-state index in [-0.39, 0.29) is 24.9 Å². The zero-order valence-corrected chi connectivity index (χ0v) is 13.0. The lowest BCUT2D eigenvalue weighted by Crippen LogP contribution is -2.31. The first-order valence-electron chi connectivity index (χ1n) is 7.04. The third kappa shape index (κ3) is 5.34. The van der Waals surface area contributed by atoms with Crippen LogP contribution in [0.5, 0.6) is 5.75 Å². The molecule has 0 aliphatic rings. The van der Waals surface area contributed by atoms with Crippen LogP contribution in [0.25, 0.3) is 0 Å². The highest BCUT2D eigenvalue weighted by Gasteiger charge is 2.06. The molecule has 2 aromatic rings. The Labute approximate surface area is 133 Å². The maximum atomic E-state index is 11.7. The minimum absolute atomic E-state index is 0.172. The monoisotopic (exact) mass is 317 g/mol. The number of carbonyl (C=O) groups excluding carboxylic acids is 2. The zero-order valence-electron chi connectivity index (χ0n) is 13.0. The predicted octanol–water partition coefficient (Wildman–Crippen LogP) is 1.58. The van der Waals surface area contributed by atoms with Gasteiger partial charge < -0.3 is 20.7 Å². The molecule has 0 fully saturated rings. The second-order valence-corrected chi connectivity index (χ2v) is 4.81. The molecular weight excluding hydrogens is 298 g/mol. The topological polar surface area (TPSA) is 97.3 Å². The first-order chi connectivity index (χ1) is 11.1. The molecule has 8 nitrogen and oxygen atoms in total.